The Labute approximate surface area is 183 Å². The van der Waals surface area contributed by atoms with E-state index in [0.717, 1.165) is 0 Å². The Bertz CT molecular complexity index is 1020. The number of imide groups is 1. The Morgan fingerprint density at radius 3 is 1.84 bits per heavy atom. The molecular weight excluding hydrogens is 424 g/mol. The molecule has 1 aromatic carbocycles. The second-order valence-corrected chi connectivity index (χ2v) is 8.68. The van der Waals surface area contributed by atoms with Gasteiger partial charge in [-0.3, -0.25) is 10.1 Å². The van der Waals surface area contributed by atoms with Gasteiger partial charge in [-0.15, -0.1) is 5.10 Å². The summed E-state index contributed by atoms with van der Waals surface area (Å²) in [7, 11) is 0. The average molecular weight is 448 g/mol. The Morgan fingerprint density at radius 2 is 1.47 bits per heavy atom. The molecular formula is C20H24N4O8. The highest BCUT2D eigenvalue weighted by atomic mass is 16.6. The normalized spacial score (nSPS) is 11.6. The lowest BCUT2D eigenvalue weighted by atomic mass is 10.1. The minimum atomic E-state index is -1.50. The van der Waals surface area contributed by atoms with E-state index in [9.17, 15) is 29.6 Å². The van der Waals surface area contributed by atoms with Crippen molar-refractivity contribution in [2.75, 3.05) is 4.90 Å². The molecule has 0 bridgehead atoms. The zero-order valence-corrected chi connectivity index (χ0v) is 18.5. The van der Waals surface area contributed by atoms with Crippen LogP contribution in [0.15, 0.2) is 30.3 Å². The SMILES string of the molecule is CC(C)(C)OC(=O)N(C(=O)OC(C)(C)C)c1cc(-c2ccc([N+](=O)[O-])cc2)n(C(=O)O)n1. The number of hydrogen-bond donors (Lipinski definition) is 1. The first-order valence-corrected chi connectivity index (χ1v) is 9.43. The van der Waals surface area contributed by atoms with E-state index in [4.69, 9.17) is 9.47 Å². The molecule has 2 aromatic rings. The van der Waals surface area contributed by atoms with Crippen molar-refractivity contribution in [2.45, 2.75) is 52.7 Å². The third-order valence-electron chi connectivity index (χ3n) is 3.63. The zero-order valence-electron chi connectivity index (χ0n) is 18.5. The first-order valence-electron chi connectivity index (χ1n) is 9.43. The number of nitro benzene ring substituents is 1. The van der Waals surface area contributed by atoms with E-state index in [1.807, 2.05) is 0 Å². The molecule has 1 aromatic heterocycles. The van der Waals surface area contributed by atoms with Crippen molar-refractivity contribution in [3.63, 3.8) is 0 Å². The van der Waals surface area contributed by atoms with Gasteiger partial charge in [-0.2, -0.15) is 9.58 Å². The van der Waals surface area contributed by atoms with Crippen molar-refractivity contribution in [1.29, 1.82) is 0 Å². The maximum atomic E-state index is 12.8. The van der Waals surface area contributed by atoms with Gasteiger partial charge in [-0.25, -0.2) is 14.4 Å². The second kappa shape index (κ2) is 8.65. The third-order valence-corrected chi connectivity index (χ3v) is 3.63. The third kappa shape index (κ3) is 6.03. The summed E-state index contributed by atoms with van der Waals surface area (Å²) in [6.07, 6.45) is -3.73. The number of anilines is 1. The molecule has 0 spiro atoms. The van der Waals surface area contributed by atoms with Gasteiger partial charge in [0, 0.05) is 23.8 Å². The Balaban J connectivity index is 2.59. The molecule has 1 heterocycles. The van der Waals surface area contributed by atoms with Crippen molar-refractivity contribution in [3.8, 4) is 11.3 Å². The van der Waals surface area contributed by atoms with Crippen molar-refractivity contribution >= 4 is 29.8 Å². The molecule has 0 unspecified atom stereocenters. The molecule has 2 amide bonds. The van der Waals surface area contributed by atoms with E-state index in [0.29, 0.717) is 9.58 Å². The number of nitro groups is 1. The average Bonchev–Trinajstić information content (AvgIpc) is 3.03. The fourth-order valence-corrected chi connectivity index (χ4v) is 2.46. The zero-order chi connectivity index (χ0) is 24.4. The largest absolute Gasteiger partial charge is 0.463 e. The Hall–Kier alpha value is -3.96. The lowest BCUT2D eigenvalue weighted by Crippen LogP contribution is -2.44. The van der Waals surface area contributed by atoms with Crippen LogP contribution in [0, 0.1) is 10.1 Å². The van der Waals surface area contributed by atoms with E-state index < -0.39 is 34.4 Å². The van der Waals surface area contributed by atoms with Crippen LogP contribution in [0.5, 0.6) is 0 Å². The predicted octanol–water partition coefficient (Wildman–Crippen LogP) is 4.66. The Morgan fingerprint density at radius 1 is 1.00 bits per heavy atom. The van der Waals surface area contributed by atoms with Gasteiger partial charge >= 0.3 is 18.3 Å². The summed E-state index contributed by atoms with van der Waals surface area (Å²) < 4.78 is 11.1. The first-order chi connectivity index (χ1) is 14.6. The summed E-state index contributed by atoms with van der Waals surface area (Å²) in [5, 5.41) is 24.3. The van der Waals surface area contributed by atoms with Crippen LogP contribution >= 0.6 is 0 Å². The van der Waals surface area contributed by atoms with E-state index in [-0.39, 0.29) is 22.8 Å². The summed E-state index contributed by atoms with van der Waals surface area (Å²) in [6, 6.07) is 6.19. The summed E-state index contributed by atoms with van der Waals surface area (Å²) in [5.41, 5.74) is -1.90. The molecule has 0 saturated carbocycles. The topological polar surface area (TPSA) is 154 Å². The number of rotatable bonds is 3. The fraction of sp³-hybridized carbons (Fsp3) is 0.400. The van der Waals surface area contributed by atoms with Crippen molar-refractivity contribution in [2.24, 2.45) is 0 Å². The van der Waals surface area contributed by atoms with Gasteiger partial charge < -0.3 is 14.6 Å². The number of amides is 2. The van der Waals surface area contributed by atoms with Crippen molar-refractivity contribution in [1.82, 2.24) is 9.78 Å². The molecule has 0 atom stereocenters. The van der Waals surface area contributed by atoms with E-state index in [2.05, 4.69) is 5.10 Å². The minimum Gasteiger partial charge on any atom is -0.463 e. The lowest BCUT2D eigenvalue weighted by Gasteiger charge is -2.27. The molecule has 0 saturated heterocycles. The van der Waals surface area contributed by atoms with E-state index in [1.54, 1.807) is 41.5 Å². The maximum absolute atomic E-state index is 12.8. The van der Waals surface area contributed by atoms with Gasteiger partial charge in [0.15, 0.2) is 5.82 Å². The lowest BCUT2D eigenvalue weighted by molar-refractivity contribution is -0.384. The highest BCUT2D eigenvalue weighted by molar-refractivity contribution is 6.09. The highest BCUT2D eigenvalue weighted by Gasteiger charge is 2.35. The van der Waals surface area contributed by atoms with Gasteiger partial charge in [-0.1, -0.05) is 0 Å². The summed E-state index contributed by atoms with van der Waals surface area (Å²) >= 11 is 0. The molecule has 0 aliphatic rings. The number of non-ortho nitro benzene ring substituents is 1. The molecule has 0 aliphatic carbocycles. The molecule has 0 radical (unpaired) electrons. The van der Waals surface area contributed by atoms with Crippen molar-refractivity contribution < 1.29 is 33.9 Å². The number of carboxylic acid groups (broad SMARTS) is 1. The standard InChI is InChI=1S/C20H24N4O8/c1-19(2,3)31-17(27)22(18(28)32-20(4,5)6)15-11-14(23(21-15)16(25)26)12-7-9-13(10-8-12)24(29)30/h7-11H,1-6H3,(H,25,26). The van der Waals surface area contributed by atoms with Crippen LogP contribution in [-0.4, -0.2) is 49.3 Å². The van der Waals surface area contributed by atoms with Gasteiger partial charge in [0.2, 0.25) is 0 Å². The Kier molecular flexibility index (Phi) is 6.57. The monoisotopic (exact) mass is 448 g/mol. The molecule has 1 N–H and O–H groups in total. The number of carbonyl (C=O) groups excluding carboxylic acids is 2. The molecule has 0 aliphatic heterocycles. The minimum absolute atomic E-state index is 0.0282. The smallest absolute Gasteiger partial charge is 0.432 e. The summed E-state index contributed by atoms with van der Waals surface area (Å²) in [6.45, 7) is 9.56. The summed E-state index contributed by atoms with van der Waals surface area (Å²) in [5.74, 6) is -0.357. The number of aromatic nitrogens is 2. The molecule has 172 valence electrons. The van der Waals surface area contributed by atoms with Gasteiger partial charge in [0.1, 0.15) is 11.2 Å². The number of nitrogens with zero attached hydrogens (tertiary/aromatic N) is 4. The van der Waals surface area contributed by atoms with Crippen LogP contribution in [0.3, 0.4) is 0 Å². The summed E-state index contributed by atoms with van der Waals surface area (Å²) in [4.78, 5) is 48.0. The van der Waals surface area contributed by atoms with Gasteiger partial charge in [-0.05, 0) is 53.7 Å². The van der Waals surface area contributed by atoms with Crippen LogP contribution in [0.4, 0.5) is 25.9 Å². The van der Waals surface area contributed by atoms with Crippen LogP contribution in [0.2, 0.25) is 0 Å². The van der Waals surface area contributed by atoms with E-state index in [1.165, 1.54) is 30.3 Å². The number of hydrogen-bond acceptors (Lipinski definition) is 8. The van der Waals surface area contributed by atoms with Gasteiger partial charge in [0.05, 0.1) is 10.6 Å². The molecule has 32 heavy (non-hydrogen) atoms. The van der Waals surface area contributed by atoms with Crippen LogP contribution in [-0.2, 0) is 9.47 Å². The van der Waals surface area contributed by atoms with Crippen LogP contribution in [0.25, 0.3) is 11.3 Å². The maximum Gasteiger partial charge on any atom is 0.432 e. The van der Waals surface area contributed by atoms with Crippen molar-refractivity contribution in [3.05, 3.63) is 40.4 Å². The van der Waals surface area contributed by atoms with Gasteiger partial charge in [0.25, 0.3) is 5.69 Å². The second-order valence-electron chi connectivity index (χ2n) is 8.68. The molecule has 2 rings (SSSR count). The molecule has 12 heteroatoms. The predicted molar refractivity (Wildman–Crippen MR) is 113 cm³/mol. The number of benzene rings is 1. The first kappa shape index (κ1) is 24.3. The highest BCUT2D eigenvalue weighted by Crippen LogP contribution is 2.28. The molecule has 12 nitrogen and oxygen atoms in total. The molecule has 0 fully saturated rings. The van der Waals surface area contributed by atoms with Crippen LogP contribution < -0.4 is 4.90 Å². The van der Waals surface area contributed by atoms with E-state index >= 15 is 0 Å². The quantitative estimate of drug-likeness (QED) is 0.521. The fourth-order valence-electron chi connectivity index (χ4n) is 2.46. The number of carbonyl (C=O) groups is 3. The number of ether oxygens (including phenoxy) is 2. The van der Waals surface area contributed by atoms with Crippen LogP contribution in [0.1, 0.15) is 41.5 Å².